The van der Waals surface area contributed by atoms with Crippen LogP contribution >= 0.6 is 11.6 Å². The van der Waals surface area contributed by atoms with Gasteiger partial charge in [-0.25, -0.2) is 0 Å². The van der Waals surface area contributed by atoms with Crippen LogP contribution in [0.3, 0.4) is 0 Å². The molecule has 1 amide bonds. The molecule has 1 heterocycles. The average Bonchev–Trinajstić information content (AvgIpc) is 2.88. The molecular weight excluding hydrogens is 489 g/mol. The number of piperazine rings is 1. The summed E-state index contributed by atoms with van der Waals surface area (Å²) in [4.78, 5) is 17.0. The number of halogens is 4. The van der Waals surface area contributed by atoms with Crippen LogP contribution in [-0.4, -0.2) is 43.0 Å². The molecule has 0 atom stereocenters. The minimum atomic E-state index is -4.56. The maximum absolute atomic E-state index is 13.2. The zero-order valence-corrected chi connectivity index (χ0v) is 20.8. The van der Waals surface area contributed by atoms with Crippen molar-refractivity contribution in [2.45, 2.75) is 50.7 Å². The highest BCUT2D eigenvalue weighted by molar-refractivity contribution is 6.30. The molecule has 2 fully saturated rings. The Balaban J connectivity index is 1.19. The number of rotatable bonds is 6. The third kappa shape index (κ3) is 6.64. The number of hydrogen-bond acceptors (Lipinski definition) is 4. The van der Waals surface area contributed by atoms with Crippen LogP contribution < -0.4 is 10.2 Å². The smallest absolute Gasteiger partial charge is 0.382 e. The van der Waals surface area contributed by atoms with Gasteiger partial charge in [0, 0.05) is 55.0 Å². The topological polar surface area (TPSA) is 59.4 Å². The molecule has 2 aliphatic rings. The van der Waals surface area contributed by atoms with Crippen molar-refractivity contribution in [3.8, 4) is 6.07 Å². The van der Waals surface area contributed by atoms with Gasteiger partial charge in [-0.05, 0) is 80.5 Å². The molecule has 2 aromatic rings. The van der Waals surface area contributed by atoms with E-state index < -0.39 is 11.7 Å². The van der Waals surface area contributed by atoms with E-state index in [0.29, 0.717) is 36.1 Å². The van der Waals surface area contributed by atoms with E-state index in [9.17, 15) is 18.0 Å². The van der Waals surface area contributed by atoms with Gasteiger partial charge < -0.3 is 15.1 Å². The molecule has 192 valence electrons. The first-order valence-electron chi connectivity index (χ1n) is 12.4. The molecular formula is C27H30ClF3N4O. The van der Waals surface area contributed by atoms with E-state index in [0.717, 1.165) is 56.9 Å². The van der Waals surface area contributed by atoms with Crippen LogP contribution in [0, 0.1) is 17.2 Å². The maximum Gasteiger partial charge on any atom is 0.417 e. The molecule has 36 heavy (non-hydrogen) atoms. The summed E-state index contributed by atoms with van der Waals surface area (Å²) in [5.74, 6) is 0.650. The Morgan fingerprint density at radius 3 is 2.31 bits per heavy atom. The predicted molar refractivity (Wildman–Crippen MR) is 135 cm³/mol. The van der Waals surface area contributed by atoms with E-state index >= 15 is 0 Å². The first-order valence-corrected chi connectivity index (χ1v) is 12.8. The third-order valence-electron chi connectivity index (χ3n) is 7.25. The van der Waals surface area contributed by atoms with Crippen LogP contribution in [0.25, 0.3) is 0 Å². The van der Waals surface area contributed by atoms with Gasteiger partial charge >= 0.3 is 6.18 Å². The zero-order chi connectivity index (χ0) is 25.7. The van der Waals surface area contributed by atoms with E-state index in [-0.39, 0.29) is 17.5 Å². The summed E-state index contributed by atoms with van der Waals surface area (Å²) in [7, 11) is 0. The molecule has 1 aliphatic carbocycles. The lowest BCUT2D eigenvalue weighted by molar-refractivity contribution is -0.137. The first kappa shape index (κ1) is 26.2. The van der Waals surface area contributed by atoms with E-state index in [1.54, 1.807) is 6.07 Å². The number of nitriles is 1. The van der Waals surface area contributed by atoms with Gasteiger partial charge in [0.1, 0.15) is 0 Å². The van der Waals surface area contributed by atoms with E-state index in [4.69, 9.17) is 16.9 Å². The molecule has 1 saturated heterocycles. The van der Waals surface area contributed by atoms with Gasteiger partial charge in [-0.2, -0.15) is 18.4 Å². The average molecular weight is 519 g/mol. The standard InChI is InChI=1S/C27H30ClF3N4O/c28-21-5-10-24(11-6-21)34-13-15-35(16-14-34)26(36)12-3-19-1-7-22(8-2-19)33-23-9-4-20(18-32)25(17-23)27(29,30)31/h4-6,9-11,17,19,22,33H,1-3,7-8,12-16H2/t19-,22-. The van der Waals surface area contributed by atoms with Gasteiger partial charge in [0.05, 0.1) is 17.2 Å². The maximum atomic E-state index is 13.2. The number of hydrogen-bond donors (Lipinski definition) is 1. The number of nitrogens with one attached hydrogen (secondary N) is 1. The molecule has 1 saturated carbocycles. The fourth-order valence-corrected chi connectivity index (χ4v) is 5.27. The lowest BCUT2D eigenvalue weighted by Crippen LogP contribution is -2.48. The quantitative estimate of drug-likeness (QED) is 0.485. The second-order valence-electron chi connectivity index (χ2n) is 9.61. The lowest BCUT2D eigenvalue weighted by Gasteiger charge is -2.36. The molecule has 9 heteroatoms. The van der Waals surface area contributed by atoms with Gasteiger partial charge in [0.2, 0.25) is 5.91 Å². The Bertz CT molecular complexity index is 1080. The summed E-state index contributed by atoms with van der Waals surface area (Å²) in [5.41, 5.74) is 0.231. The number of carbonyl (C=O) groups is 1. The monoisotopic (exact) mass is 518 g/mol. The van der Waals surface area contributed by atoms with E-state index in [2.05, 4.69) is 10.2 Å². The minimum Gasteiger partial charge on any atom is -0.382 e. The van der Waals surface area contributed by atoms with Crippen LogP contribution in [0.2, 0.25) is 5.02 Å². The molecule has 1 aliphatic heterocycles. The van der Waals surface area contributed by atoms with E-state index in [1.807, 2.05) is 29.2 Å². The Morgan fingerprint density at radius 2 is 1.69 bits per heavy atom. The Labute approximate surface area is 214 Å². The number of nitrogens with zero attached hydrogens (tertiary/aromatic N) is 3. The van der Waals surface area contributed by atoms with Crippen molar-refractivity contribution < 1.29 is 18.0 Å². The van der Waals surface area contributed by atoms with Gasteiger partial charge in [0.25, 0.3) is 0 Å². The Hall–Kier alpha value is -2.92. The van der Waals surface area contributed by atoms with Gasteiger partial charge in [-0.15, -0.1) is 0 Å². The number of benzene rings is 2. The predicted octanol–water partition coefficient (Wildman–Crippen LogP) is 6.33. The van der Waals surface area contributed by atoms with Gasteiger partial charge in [-0.1, -0.05) is 11.6 Å². The largest absolute Gasteiger partial charge is 0.417 e. The van der Waals surface area contributed by atoms with Crippen molar-refractivity contribution in [2.24, 2.45) is 5.92 Å². The number of amides is 1. The van der Waals surface area contributed by atoms with Gasteiger partial charge in [-0.3, -0.25) is 4.79 Å². The molecule has 0 spiro atoms. The van der Waals surface area contributed by atoms with Crippen LogP contribution in [0.1, 0.15) is 49.7 Å². The molecule has 0 radical (unpaired) electrons. The second-order valence-corrected chi connectivity index (χ2v) is 10.1. The van der Waals surface area contributed by atoms with Crippen molar-refractivity contribution in [1.29, 1.82) is 5.26 Å². The zero-order valence-electron chi connectivity index (χ0n) is 20.0. The van der Waals surface area contributed by atoms with Crippen molar-refractivity contribution in [2.75, 3.05) is 36.4 Å². The Morgan fingerprint density at radius 1 is 1.03 bits per heavy atom. The molecule has 1 N–H and O–H groups in total. The fourth-order valence-electron chi connectivity index (χ4n) is 5.15. The van der Waals surface area contributed by atoms with Crippen molar-refractivity contribution in [3.05, 3.63) is 58.6 Å². The highest BCUT2D eigenvalue weighted by Gasteiger charge is 2.34. The normalized spacial score (nSPS) is 20.6. The minimum absolute atomic E-state index is 0.0897. The summed E-state index contributed by atoms with van der Waals surface area (Å²) in [5, 5.41) is 12.9. The van der Waals surface area contributed by atoms with Gasteiger partial charge in [0.15, 0.2) is 0 Å². The summed E-state index contributed by atoms with van der Waals surface area (Å²) < 4.78 is 39.7. The summed E-state index contributed by atoms with van der Waals surface area (Å²) in [6.45, 7) is 3.02. The van der Waals surface area contributed by atoms with Crippen molar-refractivity contribution in [3.63, 3.8) is 0 Å². The fraction of sp³-hybridized carbons (Fsp3) is 0.481. The van der Waals surface area contributed by atoms with E-state index in [1.165, 1.54) is 12.1 Å². The number of alkyl halides is 3. The van der Waals surface area contributed by atoms with Crippen LogP contribution in [-0.2, 0) is 11.0 Å². The summed E-state index contributed by atoms with van der Waals surface area (Å²) in [6.07, 6.45) is 0.400. The molecule has 0 unspecified atom stereocenters. The van der Waals surface area contributed by atoms with Crippen LogP contribution in [0.15, 0.2) is 42.5 Å². The number of anilines is 2. The Kier molecular flexibility index (Phi) is 8.30. The van der Waals surface area contributed by atoms with Crippen molar-refractivity contribution >= 4 is 28.9 Å². The molecule has 0 bridgehead atoms. The lowest BCUT2D eigenvalue weighted by atomic mass is 9.83. The molecule has 4 rings (SSSR count). The summed E-state index contributed by atoms with van der Waals surface area (Å²) >= 11 is 5.97. The molecule has 2 aromatic carbocycles. The third-order valence-corrected chi connectivity index (χ3v) is 7.51. The van der Waals surface area contributed by atoms with Crippen LogP contribution in [0.5, 0.6) is 0 Å². The second kappa shape index (κ2) is 11.4. The number of carbonyl (C=O) groups excluding carboxylic acids is 1. The molecule has 5 nitrogen and oxygen atoms in total. The van der Waals surface area contributed by atoms with Crippen molar-refractivity contribution in [1.82, 2.24) is 4.90 Å². The highest BCUT2D eigenvalue weighted by Crippen LogP contribution is 2.35. The first-order chi connectivity index (χ1) is 17.2. The molecule has 0 aromatic heterocycles. The summed E-state index contributed by atoms with van der Waals surface area (Å²) in [6, 6.07) is 13.2. The van der Waals surface area contributed by atoms with Crippen LogP contribution in [0.4, 0.5) is 24.5 Å². The highest BCUT2D eigenvalue weighted by atomic mass is 35.5. The SMILES string of the molecule is N#Cc1ccc(N[C@H]2CC[C@H](CCC(=O)N3CCN(c4ccc(Cl)cc4)CC3)CC2)cc1C(F)(F)F.